The topological polar surface area (TPSA) is 64.7 Å². The van der Waals surface area contributed by atoms with Crippen molar-refractivity contribution in [2.75, 3.05) is 39.3 Å². The fourth-order valence-corrected chi connectivity index (χ4v) is 3.77. The summed E-state index contributed by atoms with van der Waals surface area (Å²) >= 11 is 6.03. The molecule has 2 aliphatic heterocycles. The van der Waals surface area contributed by atoms with Gasteiger partial charge in [-0.1, -0.05) is 30.2 Å². The maximum absolute atomic E-state index is 12.6. The lowest BCUT2D eigenvalue weighted by atomic mass is 10.0. The highest BCUT2D eigenvalue weighted by Crippen LogP contribution is 2.25. The second-order valence-electron chi connectivity index (χ2n) is 6.98. The molecule has 3 rings (SSSR count). The van der Waals surface area contributed by atoms with E-state index in [1.165, 1.54) is 19.3 Å². The third kappa shape index (κ3) is 5.11. The zero-order valence-corrected chi connectivity index (χ0v) is 15.8. The molecule has 1 atom stereocenters. The van der Waals surface area contributed by atoms with Crippen LogP contribution in [0.25, 0.3) is 0 Å². The molecule has 0 bridgehead atoms. The van der Waals surface area contributed by atoms with Gasteiger partial charge in [0.2, 0.25) is 5.91 Å². The van der Waals surface area contributed by atoms with Crippen LogP contribution in [0.1, 0.15) is 37.3 Å². The SMILES string of the molecule is O=C1CN(C(=O)NC[C@H](c2ccc(Cl)cc2)N2CCCCC2)CCCN1. The largest absolute Gasteiger partial charge is 0.354 e. The minimum absolute atomic E-state index is 0.0945. The summed E-state index contributed by atoms with van der Waals surface area (Å²) in [6.07, 6.45) is 4.42. The molecule has 0 radical (unpaired) electrons. The van der Waals surface area contributed by atoms with Crippen molar-refractivity contribution in [1.82, 2.24) is 20.4 Å². The smallest absolute Gasteiger partial charge is 0.317 e. The van der Waals surface area contributed by atoms with E-state index in [0.717, 1.165) is 25.1 Å². The van der Waals surface area contributed by atoms with Gasteiger partial charge in [0.25, 0.3) is 0 Å². The van der Waals surface area contributed by atoms with Crippen molar-refractivity contribution in [3.63, 3.8) is 0 Å². The van der Waals surface area contributed by atoms with E-state index in [9.17, 15) is 9.59 Å². The van der Waals surface area contributed by atoms with Crippen molar-refractivity contribution in [2.24, 2.45) is 0 Å². The van der Waals surface area contributed by atoms with E-state index >= 15 is 0 Å². The first-order valence-electron chi connectivity index (χ1n) is 9.42. The molecule has 2 aliphatic rings. The van der Waals surface area contributed by atoms with E-state index < -0.39 is 0 Å². The van der Waals surface area contributed by atoms with Crippen molar-refractivity contribution in [3.05, 3.63) is 34.9 Å². The first kappa shape index (κ1) is 19.0. The Kier molecular flexibility index (Phi) is 6.74. The third-order valence-electron chi connectivity index (χ3n) is 5.08. The molecule has 3 amide bonds. The number of halogens is 1. The molecule has 0 aliphatic carbocycles. The Balaban J connectivity index is 1.65. The van der Waals surface area contributed by atoms with Crippen LogP contribution in [0.2, 0.25) is 5.02 Å². The molecule has 0 spiro atoms. The number of benzene rings is 1. The number of amides is 3. The Labute approximate surface area is 159 Å². The molecular weight excluding hydrogens is 352 g/mol. The summed E-state index contributed by atoms with van der Waals surface area (Å²) in [7, 11) is 0. The lowest BCUT2D eigenvalue weighted by molar-refractivity contribution is -0.121. The summed E-state index contributed by atoms with van der Waals surface area (Å²) in [5, 5.41) is 6.55. The highest BCUT2D eigenvalue weighted by Gasteiger charge is 2.25. The first-order valence-corrected chi connectivity index (χ1v) is 9.80. The molecule has 7 heteroatoms. The fraction of sp³-hybridized carbons (Fsp3) is 0.579. The third-order valence-corrected chi connectivity index (χ3v) is 5.33. The first-order chi connectivity index (χ1) is 12.6. The normalized spacial score (nSPS) is 20.2. The number of rotatable bonds is 4. The molecule has 0 saturated carbocycles. The average Bonchev–Trinajstić information content (AvgIpc) is 2.88. The monoisotopic (exact) mass is 378 g/mol. The number of carbonyl (C=O) groups is 2. The van der Waals surface area contributed by atoms with Gasteiger partial charge in [0.1, 0.15) is 6.54 Å². The fourth-order valence-electron chi connectivity index (χ4n) is 3.65. The molecule has 1 aromatic carbocycles. The molecule has 142 valence electrons. The number of likely N-dealkylation sites (tertiary alicyclic amines) is 1. The number of hydrogen-bond donors (Lipinski definition) is 2. The number of hydrogen-bond acceptors (Lipinski definition) is 3. The number of urea groups is 1. The molecular formula is C19H27ClN4O2. The number of nitrogens with zero attached hydrogens (tertiary/aromatic N) is 2. The van der Waals surface area contributed by atoms with E-state index in [0.29, 0.717) is 24.7 Å². The lowest BCUT2D eigenvalue weighted by Gasteiger charge is -2.35. The van der Waals surface area contributed by atoms with Crippen molar-refractivity contribution >= 4 is 23.5 Å². The molecule has 2 fully saturated rings. The number of carbonyl (C=O) groups excluding carboxylic acids is 2. The maximum Gasteiger partial charge on any atom is 0.317 e. The van der Waals surface area contributed by atoms with Gasteiger partial charge in [-0.3, -0.25) is 9.69 Å². The van der Waals surface area contributed by atoms with E-state index in [1.807, 2.05) is 24.3 Å². The molecule has 2 saturated heterocycles. The van der Waals surface area contributed by atoms with Gasteiger partial charge in [-0.2, -0.15) is 0 Å². The molecule has 2 heterocycles. The van der Waals surface area contributed by atoms with Crippen molar-refractivity contribution < 1.29 is 9.59 Å². The molecule has 26 heavy (non-hydrogen) atoms. The minimum atomic E-state index is -0.168. The van der Waals surface area contributed by atoms with Gasteiger partial charge in [0.05, 0.1) is 6.04 Å². The molecule has 1 aromatic rings. The Bertz CT molecular complexity index is 616. The van der Waals surface area contributed by atoms with Crippen LogP contribution >= 0.6 is 11.6 Å². The zero-order valence-electron chi connectivity index (χ0n) is 15.0. The van der Waals surface area contributed by atoms with Crippen LogP contribution in [0.4, 0.5) is 4.79 Å². The number of piperidine rings is 1. The standard InChI is InChI=1S/C19H27ClN4O2/c20-16-7-5-15(6-8-16)17(23-10-2-1-3-11-23)13-22-19(26)24-12-4-9-21-18(25)14-24/h5-8,17H,1-4,9-14H2,(H,21,25)(H,22,26)/t17-/m1/s1. The number of nitrogens with one attached hydrogen (secondary N) is 2. The molecule has 2 N–H and O–H groups in total. The van der Waals surface area contributed by atoms with Crippen molar-refractivity contribution in [2.45, 2.75) is 31.7 Å². The predicted octanol–water partition coefficient (Wildman–Crippen LogP) is 2.40. The Morgan fingerprint density at radius 3 is 2.58 bits per heavy atom. The summed E-state index contributed by atoms with van der Waals surface area (Å²) in [5.74, 6) is -0.0945. The second-order valence-corrected chi connectivity index (χ2v) is 7.41. The summed E-state index contributed by atoms with van der Waals surface area (Å²) in [6.45, 7) is 3.95. The van der Waals surface area contributed by atoms with Crippen LogP contribution in [0.3, 0.4) is 0 Å². The van der Waals surface area contributed by atoms with Gasteiger partial charge in [-0.05, 0) is 50.0 Å². The van der Waals surface area contributed by atoms with E-state index in [4.69, 9.17) is 11.6 Å². The van der Waals surface area contributed by atoms with Crippen LogP contribution in [0.5, 0.6) is 0 Å². The maximum atomic E-state index is 12.6. The van der Waals surface area contributed by atoms with Crippen molar-refractivity contribution in [3.8, 4) is 0 Å². The van der Waals surface area contributed by atoms with Gasteiger partial charge in [0, 0.05) is 24.7 Å². The second kappa shape index (κ2) is 9.24. The Hall–Kier alpha value is -1.79. The Morgan fingerprint density at radius 1 is 1.12 bits per heavy atom. The molecule has 6 nitrogen and oxygen atoms in total. The van der Waals surface area contributed by atoms with Crippen LogP contribution in [-0.4, -0.2) is 61.0 Å². The average molecular weight is 379 g/mol. The van der Waals surface area contributed by atoms with Crippen LogP contribution < -0.4 is 10.6 Å². The quantitative estimate of drug-likeness (QED) is 0.845. The highest BCUT2D eigenvalue weighted by atomic mass is 35.5. The summed E-state index contributed by atoms with van der Waals surface area (Å²) in [5.41, 5.74) is 1.16. The molecule has 0 aromatic heterocycles. The van der Waals surface area contributed by atoms with E-state index in [1.54, 1.807) is 4.90 Å². The highest BCUT2D eigenvalue weighted by molar-refractivity contribution is 6.30. The lowest BCUT2D eigenvalue weighted by Crippen LogP contribution is -2.47. The molecule has 0 unspecified atom stereocenters. The summed E-state index contributed by atoms with van der Waals surface area (Å²) in [4.78, 5) is 28.3. The van der Waals surface area contributed by atoms with E-state index in [-0.39, 0.29) is 24.5 Å². The van der Waals surface area contributed by atoms with Crippen molar-refractivity contribution in [1.29, 1.82) is 0 Å². The van der Waals surface area contributed by atoms with Crippen LogP contribution in [0.15, 0.2) is 24.3 Å². The Morgan fingerprint density at radius 2 is 1.85 bits per heavy atom. The predicted molar refractivity (Wildman–Crippen MR) is 102 cm³/mol. The minimum Gasteiger partial charge on any atom is -0.354 e. The summed E-state index contributed by atoms with van der Waals surface area (Å²) < 4.78 is 0. The summed E-state index contributed by atoms with van der Waals surface area (Å²) in [6, 6.07) is 7.82. The van der Waals surface area contributed by atoms with Gasteiger partial charge in [0.15, 0.2) is 0 Å². The van der Waals surface area contributed by atoms with Gasteiger partial charge < -0.3 is 15.5 Å². The van der Waals surface area contributed by atoms with E-state index in [2.05, 4.69) is 15.5 Å². The van der Waals surface area contributed by atoms with Crippen LogP contribution in [-0.2, 0) is 4.79 Å². The zero-order chi connectivity index (χ0) is 18.4. The van der Waals surface area contributed by atoms with Crippen LogP contribution in [0, 0.1) is 0 Å². The van der Waals surface area contributed by atoms with Gasteiger partial charge in [-0.25, -0.2) is 4.79 Å². The van der Waals surface area contributed by atoms with Gasteiger partial charge >= 0.3 is 6.03 Å². The van der Waals surface area contributed by atoms with Gasteiger partial charge in [-0.15, -0.1) is 0 Å².